The number of sulfone groups is 6. The molecule has 0 radical (unpaired) electrons. The number of nitrogens with zero attached hydrogens (tertiary/aromatic N) is 18. The lowest BCUT2D eigenvalue weighted by Crippen LogP contribution is -2.34. The first kappa shape index (κ1) is 101. The van der Waals surface area contributed by atoms with E-state index in [-0.39, 0.29) is 31.1 Å². The summed E-state index contributed by atoms with van der Waals surface area (Å²) in [5.41, 5.74) is 17.2. The highest BCUT2D eigenvalue weighted by Gasteiger charge is 2.31. The lowest BCUT2D eigenvalue weighted by atomic mass is 9.99. The lowest BCUT2D eigenvalue weighted by molar-refractivity contribution is 0.269. The molecule has 0 amide bonds. The fourth-order valence-corrected chi connectivity index (χ4v) is 22.6. The van der Waals surface area contributed by atoms with E-state index in [1.54, 1.807) is 211 Å². The first-order valence-electron chi connectivity index (χ1n) is 46.9. The summed E-state index contributed by atoms with van der Waals surface area (Å²) in [7, 11) is -20.1. The van der Waals surface area contributed by atoms with Crippen molar-refractivity contribution in [3.63, 3.8) is 0 Å². The van der Waals surface area contributed by atoms with Crippen LogP contribution in [0.1, 0.15) is 99.9 Å². The minimum atomic E-state index is -3.54. The van der Waals surface area contributed by atoms with Gasteiger partial charge in [-0.25, -0.2) is 50.5 Å². The summed E-state index contributed by atoms with van der Waals surface area (Å²) < 4.78 is 156. The molecule has 46 heteroatoms. The van der Waals surface area contributed by atoms with E-state index in [1.165, 1.54) is 54.9 Å². The number of anilines is 16. The van der Waals surface area contributed by atoms with Crippen LogP contribution in [0.3, 0.4) is 0 Å². The molecule has 0 bridgehead atoms. The zero-order chi connectivity index (χ0) is 102. The van der Waals surface area contributed by atoms with Gasteiger partial charge >= 0.3 is 0 Å². The van der Waals surface area contributed by atoms with Gasteiger partial charge in [0.15, 0.2) is 61.9 Å². The Hall–Kier alpha value is -14.1. The lowest BCUT2D eigenvalue weighted by Gasteiger charge is -2.28. The average Bonchev–Trinajstić information content (AvgIpc) is 1.55. The van der Waals surface area contributed by atoms with Gasteiger partial charge in [-0.05, 0) is 236 Å². The number of aromatic nitrogens is 16. The maximum absolute atomic E-state index is 13.0. The number of nitrogens with one attached hydrogen (secondary N) is 10. The molecule has 12 heterocycles. The number of rotatable bonds is 30. The molecule has 0 spiro atoms. The van der Waals surface area contributed by atoms with E-state index in [1.807, 2.05) is 36.4 Å². The van der Waals surface area contributed by atoms with E-state index in [4.69, 9.17) is 0 Å². The van der Waals surface area contributed by atoms with Crippen LogP contribution in [0.15, 0.2) is 238 Å². The molecule has 144 heavy (non-hydrogen) atoms. The van der Waals surface area contributed by atoms with Gasteiger partial charge in [-0.15, -0.1) is 0 Å². The minimum absolute atomic E-state index is 0.136. The van der Waals surface area contributed by atoms with Crippen LogP contribution in [0.5, 0.6) is 0 Å². The van der Waals surface area contributed by atoms with Crippen LogP contribution >= 0.6 is 0 Å². The highest BCUT2D eigenvalue weighted by atomic mass is 32.2. The molecule has 10 N–H and O–H groups in total. The third-order valence-electron chi connectivity index (χ3n) is 24.6. The van der Waals surface area contributed by atoms with Crippen LogP contribution in [0.25, 0.3) is 22.6 Å². The van der Waals surface area contributed by atoms with Crippen molar-refractivity contribution in [2.75, 3.05) is 106 Å². The van der Waals surface area contributed by atoms with Crippen molar-refractivity contribution in [2.24, 2.45) is 0 Å². The highest BCUT2D eigenvalue weighted by molar-refractivity contribution is 7.93. The van der Waals surface area contributed by atoms with E-state index < -0.39 is 80.0 Å². The van der Waals surface area contributed by atoms with Crippen molar-refractivity contribution in [1.82, 2.24) is 98.8 Å². The number of benzene rings is 8. The summed E-state index contributed by atoms with van der Waals surface area (Å²) >= 11 is 0. The van der Waals surface area contributed by atoms with Crippen molar-refractivity contribution in [2.45, 2.75) is 148 Å². The fourth-order valence-electron chi connectivity index (χ4n) is 16.6. The van der Waals surface area contributed by atoms with Crippen LogP contribution in [0, 0.1) is 0 Å². The molecule has 4 aliphatic heterocycles. The van der Waals surface area contributed by atoms with Gasteiger partial charge in [0.25, 0.3) is 0 Å². The molecule has 16 aromatic rings. The summed E-state index contributed by atoms with van der Waals surface area (Å²) in [4.78, 5) is 41.8. The topological polar surface area (TPSA) is 504 Å². The van der Waals surface area contributed by atoms with Gasteiger partial charge in [-0.1, -0.05) is 72.8 Å². The quantitative estimate of drug-likeness (QED) is 0.0200. The molecule has 0 saturated heterocycles. The molecule has 0 aliphatic carbocycles. The zero-order valence-corrected chi connectivity index (χ0v) is 85.7. The Morgan fingerprint density at radius 3 is 0.896 bits per heavy atom. The predicted molar refractivity (Wildman–Crippen MR) is 558 cm³/mol. The van der Waals surface area contributed by atoms with Crippen molar-refractivity contribution in [3.8, 4) is 0 Å². The van der Waals surface area contributed by atoms with E-state index in [9.17, 15) is 50.5 Å². The summed E-state index contributed by atoms with van der Waals surface area (Å²) in [5.74, 6) is 3.07. The Balaban J connectivity index is 0.000000132. The second kappa shape index (κ2) is 42.8. The van der Waals surface area contributed by atoms with Gasteiger partial charge in [-0.3, -0.25) is 9.80 Å². The van der Waals surface area contributed by atoms with Gasteiger partial charge in [-0.2, -0.15) is 78.3 Å². The Morgan fingerprint density at radius 2 is 0.562 bits per heavy atom. The monoisotopic (exact) mass is 2060 g/mol. The zero-order valence-electron chi connectivity index (χ0n) is 80.8. The molecule has 752 valence electrons. The molecule has 8 aromatic carbocycles. The molecule has 0 atom stereocenters. The second-order valence-electron chi connectivity index (χ2n) is 36.3. The standard InChI is InChI=1S/2C26H31N7O4S2.2C23H25N7O2S/c1-18(2)39(36,37)23-7-5-4-6-22(23)29-26-31-25(30-24-10-12-27-33(24)26)28-21-9-8-20-17-32(13-11-19(20)16-21)14-15-38(3,34)35;1-18(2)39(36,37)23-7-5-4-6-22(23)29-26-31-25(30-24-10-12-27-33(24)26)28-21-9-8-19-11-13-32(17-20(19)16-21)14-15-38(3,34)35;1-15(2)33(31,32)20-6-4-3-5-19(20)27-23-29-22(28-21-10-12-25-30(21)23)26-18-8-7-17-14-24-11-9-16(17)13-18;1-15(2)33(31,32)20-6-4-3-5-19(20)27-23-29-22(28-21-10-12-25-30(21)23)26-18-8-7-16-9-11-24-14-17(16)13-18/h2*4-10,12,16,18H,11,13-15,17H2,1-3H3,(H2,28,29,30,31);2*3-8,10,12-13,15,24H,9,11,14H2,1-2H3,(H2,26,27,28,29). The SMILES string of the molecule is CC(C)S(=O)(=O)c1ccccc1Nc1nc(Nc2ccc3c(c2)CCN(CCS(C)(=O)=O)C3)nc2ccnn12.CC(C)S(=O)(=O)c1ccccc1Nc1nc(Nc2ccc3c(c2)CCNC3)nc2ccnn12.CC(C)S(=O)(=O)c1ccccc1Nc1nc(Nc2ccc3c(c2)CN(CCS(C)(=O)=O)CC3)nc2ccnn12.CC(C)S(=O)(=O)c1ccccc1Nc1nc(Nc2ccc3c(c2)CNCC3)nc2ccnn12. The Labute approximate surface area is 835 Å². The largest absolute Gasteiger partial charge is 0.324 e. The van der Waals surface area contributed by atoms with Gasteiger partial charge in [0.05, 0.1) is 99.6 Å². The van der Waals surface area contributed by atoms with E-state index in [2.05, 4.69) is 160 Å². The van der Waals surface area contributed by atoms with E-state index >= 15 is 0 Å². The van der Waals surface area contributed by atoms with E-state index in [0.717, 1.165) is 98.8 Å². The normalized spacial score (nSPS) is 14.2. The third kappa shape index (κ3) is 23.8. The smallest absolute Gasteiger partial charge is 0.233 e. The van der Waals surface area contributed by atoms with Crippen LogP contribution < -0.4 is 53.2 Å². The van der Waals surface area contributed by atoms with E-state index in [0.29, 0.717) is 119 Å². The van der Waals surface area contributed by atoms with Crippen LogP contribution in [-0.4, -0.2) is 223 Å². The first-order chi connectivity index (χ1) is 68.8. The summed E-state index contributed by atoms with van der Waals surface area (Å²) in [6.45, 7) is 20.9. The van der Waals surface area contributed by atoms with Crippen molar-refractivity contribution in [1.29, 1.82) is 0 Å². The second-order valence-corrected chi connectivity index (χ2v) is 50.8. The molecule has 0 unspecified atom stereocenters. The molecular formula is C98H112N28O12S6. The molecule has 40 nitrogen and oxygen atoms in total. The summed E-state index contributed by atoms with van der Waals surface area (Å²) in [6, 6.07) is 58.7. The van der Waals surface area contributed by atoms with Crippen LogP contribution in [0.2, 0.25) is 0 Å². The Morgan fingerprint density at radius 1 is 0.292 bits per heavy atom. The third-order valence-corrected chi connectivity index (χ3v) is 35.3. The van der Waals surface area contributed by atoms with Crippen LogP contribution in [0.4, 0.5) is 93.1 Å². The fraction of sp³-hybridized carbons (Fsp3) is 0.306. The maximum Gasteiger partial charge on any atom is 0.233 e. The van der Waals surface area contributed by atoms with Crippen molar-refractivity contribution in [3.05, 3.63) is 263 Å². The van der Waals surface area contributed by atoms with Crippen LogP contribution in [-0.2, 0) is 111 Å². The highest BCUT2D eigenvalue weighted by Crippen LogP contribution is 2.37. The number of hydrogen-bond acceptors (Lipinski definition) is 36. The number of hydrogen-bond donors (Lipinski definition) is 10. The van der Waals surface area contributed by atoms with Gasteiger partial charge in [0, 0.05) is 112 Å². The molecule has 0 fully saturated rings. The van der Waals surface area contributed by atoms with Gasteiger partial charge < -0.3 is 53.2 Å². The maximum atomic E-state index is 13.0. The van der Waals surface area contributed by atoms with Crippen molar-refractivity contribution >= 4 is 175 Å². The molecule has 0 saturated carbocycles. The number of fused-ring (bicyclic) bond motifs is 8. The van der Waals surface area contributed by atoms with Gasteiger partial charge in [0.1, 0.15) is 19.7 Å². The average molecular weight is 2070 g/mol. The van der Waals surface area contributed by atoms with Crippen molar-refractivity contribution < 1.29 is 50.5 Å². The molecule has 20 rings (SSSR count). The van der Waals surface area contributed by atoms with Gasteiger partial charge in [0.2, 0.25) is 47.6 Å². The minimum Gasteiger partial charge on any atom is -0.324 e. The Bertz CT molecular complexity index is 8010. The molecule has 4 aliphatic rings. The summed E-state index contributed by atoms with van der Waals surface area (Å²) in [6.07, 6.45) is 12.6. The Kier molecular flexibility index (Phi) is 30.2. The predicted octanol–water partition coefficient (Wildman–Crippen LogP) is 13.3. The summed E-state index contributed by atoms with van der Waals surface area (Å²) in [5, 5.41) is 47.4. The molecule has 8 aromatic heterocycles. The number of para-hydroxylation sites is 4. The molecular weight excluding hydrogens is 1950 g/mol. The first-order valence-corrected chi connectivity index (χ1v) is 57.2.